The molecule has 1 saturated heterocycles. The minimum atomic E-state index is -4.47. The van der Waals surface area contributed by atoms with Gasteiger partial charge in [-0.25, -0.2) is 9.97 Å². The highest BCUT2D eigenvalue weighted by molar-refractivity contribution is 5.33. The van der Waals surface area contributed by atoms with Gasteiger partial charge < -0.3 is 10.1 Å². The number of hydrogen-bond acceptors (Lipinski definition) is 5. The number of rotatable bonds is 5. The van der Waals surface area contributed by atoms with Crippen molar-refractivity contribution < 1.29 is 17.9 Å². The average molecular weight is 352 g/mol. The fraction of sp³-hybridized carbons (Fsp3) is 0.412. The minimum absolute atomic E-state index is 0.0122. The van der Waals surface area contributed by atoms with Crippen molar-refractivity contribution in [1.82, 2.24) is 14.9 Å². The number of hydrogen-bond donors (Lipinski definition) is 1. The first-order valence-electron chi connectivity index (χ1n) is 7.97. The molecule has 0 aliphatic carbocycles. The number of ether oxygens (including phenoxy) is 1. The summed E-state index contributed by atoms with van der Waals surface area (Å²) in [6.07, 6.45) is -2.53. The van der Waals surface area contributed by atoms with Gasteiger partial charge in [0.25, 0.3) is 0 Å². The van der Waals surface area contributed by atoms with E-state index in [1.807, 2.05) is 24.3 Å². The molecule has 0 amide bonds. The number of aromatic nitrogens is 2. The van der Waals surface area contributed by atoms with Crippen molar-refractivity contribution in [1.29, 1.82) is 0 Å². The number of para-hydroxylation sites is 1. The maximum absolute atomic E-state index is 12.7. The second kappa shape index (κ2) is 7.26. The number of nitrogens with one attached hydrogen (secondary N) is 1. The second-order valence-corrected chi connectivity index (χ2v) is 5.94. The van der Waals surface area contributed by atoms with Crippen LogP contribution in [0.3, 0.4) is 0 Å². The summed E-state index contributed by atoms with van der Waals surface area (Å²) in [5.41, 5.74) is 0.148. The highest BCUT2D eigenvalue weighted by Crippen LogP contribution is 2.28. The van der Waals surface area contributed by atoms with Crippen molar-refractivity contribution in [3.63, 3.8) is 0 Å². The first-order valence-corrected chi connectivity index (χ1v) is 7.97. The molecule has 25 heavy (non-hydrogen) atoms. The third-order valence-corrected chi connectivity index (χ3v) is 4.14. The molecule has 0 bridgehead atoms. The molecule has 0 spiro atoms. The Hall–Kier alpha value is -2.35. The second-order valence-electron chi connectivity index (χ2n) is 5.94. The number of likely N-dealkylation sites (tertiary alicyclic amines) is 1. The smallest absolute Gasteiger partial charge is 0.433 e. The summed E-state index contributed by atoms with van der Waals surface area (Å²) in [6.45, 7) is 2.28. The van der Waals surface area contributed by atoms with Crippen molar-refractivity contribution in [2.24, 2.45) is 0 Å². The van der Waals surface area contributed by atoms with E-state index in [1.54, 1.807) is 7.11 Å². The van der Waals surface area contributed by atoms with Gasteiger partial charge in [0.2, 0.25) is 5.95 Å². The Kier molecular flexibility index (Phi) is 5.08. The molecule has 5 nitrogen and oxygen atoms in total. The highest BCUT2D eigenvalue weighted by Gasteiger charge is 2.33. The zero-order valence-electron chi connectivity index (χ0n) is 13.8. The van der Waals surface area contributed by atoms with Crippen LogP contribution in [-0.2, 0) is 12.7 Å². The molecule has 2 heterocycles. The van der Waals surface area contributed by atoms with Crippen LogP contribution in [0.5, 0.6) is 5.75 Å². The lowest BCUT2D eigenvalue weighted by Gasteiger charge is -2.18. The van der Waals surface area contributed by atoms with Gasteiger partial charge in [0.1, 0.15) is 11.4 Å². The number of nitrogens with zero attached hydrogens (tertiary/aromatic N) is 3. The van der Waals surface area contributed by atoms with E-state index >= 15 is 0 Å². The van der Waals surface area contributed by atoms with E-state index in [4.69, 9.17) is 4.74 Å². The zero-order valence-corrected chi connectivity index (χ0v) is 13.8. The van der Waals surface area contributed by atoms with Crippen LogP contribution >= 0.6 is 0 Å². The van der Waals surface area contributed by atoms with Gasteiger partial charge in [0.15, 0.2) is 0 Å². The topological polar surface area (TPSA) is 50.3 Å². The van der Waals surface area contributed by atoms with Gasteiger partial charge in [0, 0.05) is 37.4 Å². The molecular formula is C17H19F3N4O. The maximum Gasteiger partial charge on any atom is 0.433 e. The van der Waals surface area contributed by atoms with E-state index in [9.17, 15) is 13.2 Å². The molecule has 1 aromatic carbocycles. The molecule has 0 radical (unpaired) electrons. The lowest BCUT2D eigenvalue weighted by molar-refractivity contribution is -0.141. The van der Waals surface area contributed by atoms with Crippen molar-refractivity contribution in [3.05, 3.63) is 47.8 Å². The number of benzene rings is 1. The molecule has 0 saturated carbocycles. The monoisotopic (exact) mass is 352 g/mol. The molecular weight excluding hydrogens is 333 g/mol. The van der Waals surface area contributed by atoms with Gasteiger partial charge in [-0.3, -0.25) is 4.90 Å². The Bertz CT molecular complexity index is 723. The number of halogens is 3. The molecule has 134 valence electrons. The molecule has 1 N–H and O–H groups in total. The quantitative estimate of drug-likeness (QED) is 0.896. The minimum Gasteiger partial charge on any atom is -0.496 e. The van der Waals surface area contributed by atoms with Gasteiger partial charge in [-0.1, -0.05) is 18.2 Å². The Morgan fingerprint density at radius 3 is 2.84 bits per heavy atom. The Balaban J connectivity index is 1.60. The predicted octanol–water partition coefficient (Wildman–Crippen LogP) is 3.19. The van der Waals surface area contributed by atoms with E-state index < -0.39 is 11.9 Å². The van der Waals surface area contributed by atoms with E-state index in [0.717, 1.165) is 43.1 Å². The highest BCUT2D eigenvalue weighted by atomic mass is 19.4. The lowest BCUT2D eigenvalue weighted by Crippen LogP contribution is -2.27. The van der Waals surface area contributed by atoms with Crippen molar-refractivity contribution >= 4 is 5.95 Å². The largest absolute Gasteiger partial charge is 0.496 e. The molecule has 8 heteroatoms. The summed E-state index contributed by atoms with van der Waals surface area (Å²) in [5.74, 6) is 0.846. The Morgan fingerprint density at radius 1 is 1.28 bits per heavy atom. The van der Waals surface area contributed by atoms with Gasteiger partial charge >= 0.3 is 6.18 Å². The molecule has 1 aromatic heterocycles. The van der Waals surface area contributed by atoms with Gasteiger partial charge in [0.05, 0.1) is 7.11 Å². The predicted molar refractivity (Wildman–Crippen MR) is 87.3 cm³/mol. The van der Waals surface area contributed by atoms with Crippen LogP contribution in [-0.4, -0.2) is 41.1 Å². The van der Waals surface area contributed by atoms with E-state index in [0.29, 0.717) is 6.54 Å². The van der Waals surface area contributed by atoms with Crippen LogP contribution in [0.1, 0.15) is 17.7 Å². The fourth-order valence-corrected chi connectivity index (χ4v) is 2.94. The summed E-state index contributed by atoms with van der Waals surface area (Å²) >= 11 is 0. The summed E-state index contributed by atoms with van der Waals surface area (Å²) in [5, 5.41) is 3.00. The first-order chi connectivity index (χ1) is 12.0. The van der Waals surface area contributed by atoms with Gasteiger partial charge in [-0.05, 0) is 18.6 Å². The van der Waals surface area contributed by atoms with Crippen molar-refractivity contribution in [3.8, 4) is 5.75 Å². The molecule has 1 fully saturated rings. The van der Waals surface area contributed by atoms with Gasteiger partial charge in [-0.15, -0.1) is 0 Å². The zero-order chi connectivity index (χ0) is 17.9. The third kappa shape index (κ3) is 4.39. The van der Waals surface area contributed by atoms with Crippen LogP contribution in [0, 0.1) is 0 Å². The lowest BCUT2D eigenvalue weighted by atomic mass is 10.2. The Labute approximate surface area is 143 Å². The summed E-state index contributed by atoms with van der Waals surface area (Å²) in [7, 11) is 1.64. The summed E-state index contributed by atoms with van der Waals surface area (Å²) in [6, 6.07) is 8.68. The van der Waals surface area contributed by atoms with Crippen LogP contribution in [0.15, 0.2) is 36.5 Å². The molecule has 1 atom stereocenters. The normalized spacial score (nSPS) is 18.3. The fourth-order valence-electron chi connectivity index (χ4n) is 2.94. The van der Waals surface area contributed by atoms with Crippen LogP contribution < -0.4 is 10.1 Å². The van der Waals surface area contributed by atoms with E-state index in [-0.39, 0.29) is 12.0 Å². The standard InChI is InChI=1S/C17H19F3N4O/c1-25-14-5-3-2-4-12(14)10-24-9-7-13(11-24)22-16-21-8-6-15(23-16)17(18,19)20/h2-6,8,13H,7,9-11H2,1H3,(H,21,22,23). The molecule has 3 rings (SSSR count). The summed E-state index contributed by atoms with van der Waals surface area (Å²) in [4.78, 5) is 9.68. The van der Waals surface area contributed by atoms with Crippen molar-refractivity contribution in [2.45, 2.75) is 25.2 Å². The van der Waals surface area contributed by atoms with E-state index in [1.165, 1.54) is 0 Å². The van der Waals surface area contributed by atoms with Crippen LogP contribution in [0.25, 0.3) is 0 Å². The van der Waals surface area contributed by atoms with E-state index in [2.05, 4.69) is 20.2 Å². The molecule has 1 aliphatic heterocycles. The number of methoxy groups -OCH3 is 1. The summed E-state index contributed by atoms with van der Waals surface area (Å²) < 4.78 is 43.5. The Morgan fingerprint density at radius 2 is 2.08 bits per heavy atom. The number of alkyl halides is 3. The number of anilines is 1. The molecule has 2 aromatic rings. The van der Waals surface area contributed by atoms with Crippen LogP contribution in [0.4, 0.5) is 19.1 Å². The van der Waals surface area contributed by atoms with Crippen molar-refractivity contribution in [2.75, 3.05) is 25.5 Å². The first kappa shape index (κ1) is 17.5. The maximum atomic E-state index is 12.7. The third-order valence-electron chi connectivity index (χ3n) is 4.14. The van der Waals surface area contributed by atoms with Crippen LogP contribution in [0.2, 0.25) is 0 Å². The average Bonchev–Trinajstić information content (AvgIpc) is 3.02. The van der Waals surface area contributed by atoms with Gasteiger partial charge in [-0.2, -0.15) is 13.2 Å². The molecule has 1 unspecified atom stereocenters. The SMILES string of the molecule is COc1ccccc1CN1CCC(Nc2nccc(C(F)(F)F)n2)C1. The molecule has 1 aliphatic rings.